The largest absolute Gasteiger partial charge is 0.303 e. The van der Waals surface area contributed by atoms with Crippen LogP contribution in [0.2, 0.25) is 0 Å². The Labute approximate surface area is 180 Å². The molecule has 0 atom stereocenters. The van der Waals surface area contributed by atoms with Crippen molar-refractivity contribution in [2.24, 2.45) is 0 Å². The maximum Gasteiger partial charge on any atom is 0.120 e. The summed E-state index contributed by atoms with van der Waals surface area (Å²) >= 11 is 3.93. The molecule has 0 bridgehead atoms. The average Bonchev–Trinajstić information content (AvgIpc) is 3.20. The van der Waals surface area contributed by atoms with Crippen LogP contribution in [0.3, 0.4) is 0 Å². The van der Waals surface area contributed by atoms with E-state index >= 15 is 0 Å². The van der Waals surface area contributed by atoms with Crippen LogP contribution in [0, 0.1) is 0 Å². The molecule has 2 aromatic rings. The first-order valence-electron chi connectivity index (χ1n) is 10.8. The van der Waals surface area contributed by atoms with Crippen molar-refractivity contribution in [2.75, 3.05) is 0 Å². The van der Waals surface area contributed by atoms with E-state index in [-0.39, 0.29) is 10.8 Å². The van der Waals surface area contributed by atoms with Crippen molar-refractivity contribution in [3.05, 3.63) is 33.0 Å². The van der Waals surface area contributed by atoms with Crippen LogP contribution in [-0.2, 0) is 28.5 Å². The standard InChI is InChI=1S/C25H38OS2/c1-8-9-10-11-13-18-17-21(24(2,3)4)28-22(18)20-16-19(14-12-15-26)23(27-20)25(5,6)7/h15-17H,8-14H2,1-7H3. The Morgan fingerprint density at radius 3 is 2.14 bits per heavy atom. The molecule has 0 aromatic carbocycles. The van der Waals surface area contributed by atoms with Gasteiger partial charge in [-0.2, -0.15) is 0 Å². The van der Waals surface area contributed by atoms with Crippen LogP contribution in [0.1, 0.15) is 101 Å². The van der Waals surface area contributed by atoms with E-state index in [0.29, 0.717) is 6.42 Å². The third-order valence-electron chi connectivity index (χ3n) is 5.09. The molecule has 0 aliphatic heterocycles. The van der Waals surface area contributed by atoms with Crippen LogP contribution in [0.15, 0.2) is 12.1 Å². The zero-order valence-electron chi connectivity index (χ0n) is 18.9. The number of carbonyl (C=O) groups excluding carboxylic acids is 1. The van der Waals surface area contributed by atoms with Gasteiger partial charge in [0.25, 0.3) is 0 Å². The summed E-state index contributed by atoms with van der Waals surface area (Å²) in [6, 6.07) is 4.84. The second-order valence-corrected chi connectivity index (χ2v) is 12.1. The molecule has 1 nitrogen and oxygen atoms in total. The quantitative estimate of drug-likeness (QED) is 0.295. The Hall–Kier alpha value is -0.930. The van der Waals surface area contributed by atoms with Gasteiger partial charge in [0.2, 0.25) is 0 Å². The first-order valence-corrected chi connectivity index (χ1v) is 12.4. The molecular formula is C25H38OS2. The van der Waals surface area contributed by atoms with Gasteiger partial charge in [0.15, 0.2) is 0 Å². The lowest BCUT2D eigenvalue weighted by molar-refractivity contribution is -0.107. The normalized spacial score (nSPS) is 12.5. The Balaban J connectivity index is 2.45. The summed E-state index contributed by atoms with van der Waals surface area (Å²) in [4.78, 5) is 16.7. The highest BCUT2D eigenvalue weighted by atomic mass is 32.1. The van der Waals surface area contributed by atoms with E-state index in [1.54, 1.807) is 0 Å². The van der Waals surface area contributed by atoms with Gasteiger partial charge < -0.3 is 4.79 Å². The number of aldehydes is 1. The van der Waals surface area contributed by atoms with Crippen molar-refractivity contribution < 1.29 is 4.79 Å². The van der Waals surface area contributed by atoms with Crippen molar-refractivity contribution in [2.45, 2.75) is 104 Å². The Morgan fingerprint density at radius 1 is 0.857 bits per heavy atom. The van der Waals surface area contributed by atoms with Gasteiger partial charge in [0.05, 0.1) is 0 Å². The molecule has 2 heterocycles. The minimum absolute atomic E-state index is 0.118. The summed E-state index contributed by atoms with van der Waals surface area (Å²) in [5.74, 6) is 0. The maximum absolute atomic E-state index is 11.0. The molecule has 0 spiro atoms. The summed E-state index contributed by atoms with van der Waals surface area (Å²) in [7, 11) is 0. The minimum Gasteiger partial charge on any atom is -0.303 e. The Morgan fingerprint density at radius 2 is 1.57 bits per heavy atom. The second-order valence-electron chi connectivity index (χ2n) is 9.95. The molecule has 0 aliphatic carbocycles. The molecule has 0 N–H and O–H groups in total. The molecule has 0 saturated heterocycles. The third kappa shape index (κ3) is 6.03. The van der Waals surface area contributed by atoms with Crippen LogP contribution in [0.4, 0.5) is 0 Å². The van der Waals surface area contributed by atoms with Crippen LogP contribution in [0.5, 0.6) is 0 Å². The zero-order valence-corrected chi connectivity index (χ0v) is 20.5. The van der Waals surface area contributed by atoms with Crippen molar-refractivity contribution >= 4 is 29.0 Å². The van der Waals surface area contributed by atoms with Gasteiger partial charge in [0.1, 0.15) is 6.29 Å². The van der Waals surface area contributed by atoms with Crippen LogP contribution in [0.25, 0.3) is 9.75 Å². The molecule has 2 rings (SSSR count). The SMILES string of the molecule is CCCCCCc1cc(C(C)(C)C)sc1-c1cc(CCC=O)c(C(C)(C)C)s1. The minimum atomic E-state index is 0.118. The van der Waals surface area contributed by atoms with Crippen molar-refractivity contribution in [3.8, 4) is 9.75 Å². The van der Waals surface area contributed by atoms with E-state index in [0.717, 1.165) is 12.7 Å². The lowest BCUT2D eigenvalue weighted by atomic mass is 9.90. The molecule has 0 unspecified atom stereocenters. The molecule has 0 saturated carbocycles. The van der Waals surface area contributed by atoms with Crippen LogP contribution < -0.4 is 0 Å². The molecular weight excluding hydrogens is 380 g/mol. The van der Waals surface area contributed by atoms with Gasteiger partial charge >= 0.3 is 0 Å². The van der Waals surface area contributed by atoms with E-state index in [9.17, 15) is 4.79 Å². The van der Waals surface area contributed by atoms with Crippen molar-refractivity contribution in [3.63, 3.8) is 0 Å². The molecule has 156 valence electrons. The van der Waals surface area contributed by atoms with Crippen molar-refractivity contribution in [1.29, 1.82) is 0 Å². The van der Waals surface area contributed by atoms with E-state index in [1.165, 1.54) is 62.7 Å². The second kappa shape index (κ2) is 9.71. The molecule has 0 radical (unpaired) electrons. The fourth-order valence-electron chi connectivity index (χ4n) is 3.51. The van der Waals surface area contributed by atoms with Crippen molar-refractivity contribution in [1.82, 2.24) is 0 Å². The first kappa shape index (κ1) is 23.3. The summed E-state index contributed by atoms with van der Waals surface area (Å²) < 4.78 is 0. The maximum atomic E-state index is 11.0. The van der Waals surface area contributed by atoms with E-state index in [4.69, 9.17) is 0 Å². The lowest BCUT2D eigenvalue weighted by Crippen LogP contribution is -2.11. The van der Waals surface area contributed by atoms with Gasteiger partial charge in [-0.25, -0.2) is 0 Å². The Kier molecular flexibility index (Phi) is 8.10. The molecule has 2 aromatic heterocycles. The molecule has 0 aliphatic rings. The van der Waals surface area contributed by atoms with Gasteiger partial charge in [-0.05, 0) is 53.4 Å². The van der Waals surface area contributed by atoms with Gasteiger partial charge in [0, 0.05) is 25.9 Å². The monoisotopic (exact) mass is 418 g/mol. The number of hydrogen-bond donors (Lipinski definition) is 0. The summed E-state index contributed by atoms with van der Waals surface area (Å²) in [5, 5.41) is 0. The summed E-state index contributed by atoms with van der Waals surface area (Å²) in [6.45, 7) is 16.1. The van der Waals surface area contributed by atoms with E-state index < -0.39 is 0 Å². The van der Waals surface area contributed by atoms with Gasteiger partial charge in [-0.3, -0.25) is 0 Å². The molecule has 3 heteroatoms. The third-order valence-corrected chi connectivity index (χ3v) is 8.48. The lowest BCUT2D eigenvalue weighted by Gasteiger charge is -2.18. The zero-order chi connectivity index (χ0) is 20.9. The fourth-order valence-corrected chi connectivity index (χ4v) is 6.18. The first-order chi connectivity index (χ1) is 13.1. The number of rotatable bonds is 9. The van der Waals surface area contributed by atoms with Gasteiger partial charge in [-0.1, -0.05) is 67.7 Å². The molecule has 0 amide bonds. The predicted molar refractivity (Wildman–Crippen MR) is 127 cm³/mol. The number of aryl methyl sites for hydroxylation is 2. The molecule has 0 fully saturated rings. The predicted octanol–water partition coefficient (Wildman–Crippen LogP) is 8.33. The van der Waals surface area contributed by atoms with E-state index in [1.807, 2.05) is 22.7 Å². The summed E-state index contributed by atoms with van der Waals surface area (Å²) in [5.41, 5.74) is 3.19. The van der Waals surface area contributed by atoms with E-state index in [2.05, 4.69) is 60.6 Å². The average molecular weight is 419 g/mol. The molecule has 28 heavy (non-hydrogen) atoms. The van der Waals surface area contributed by atoms with Crippen LogP contribution >= 0.6 is 22.7 Å². The highest BCUT2D eigenvalue weighted by molar-refractivity contribution is 7.22. The van der Waals surface area contributed by atoms with Crippen LogP contribution in [-0.4, -0.2) is 6.29 Å². The highest BCUT2D eigenvalue weighted by Crippen LogP contribution is 2.45. The number of thiophene rings is 2. The number of hydrogen-bond acceptors (Lipinski definition) is 3. The summed E-state index contributed by atoms with van der Waals surface area (Å²) in [6.07, 6.45) is 8.89. The smallest absolute Gasteiger partial charge is 0.120 e. The number of carbonyl (C=O) groups is 1. The van der Waals surface area contributed by atoms with Gasteiger partial charge in [-0.15, -0.1) is 22.7 Å². The number of unbranched alkanes of at least 4 members (excludes halogenated alkanes) is 3. The Bertz CT molecular complexity index is 766. The fraction of sp³-hybridized carbons (Fsp3) is 0.640. The highest BCUT2D eigenvalue weighted by Gasteiger charge is 2.25. The topological polar surface area (TPSA) is 17.1 Å².